The summed E-state index contributed by atoms with van der Waals surface area (Å²) < 4.78 is 13.8. The molecule has 6 heteroatoms. The Labute approximate surface area is 201 Å². The van der Waals surface area contributed by atoms with Crippen LogP contribution in [0.3, 0.4) is 0 Å². The van der Waals surface area contributed by atoms with Crippen molar-refractivity contribution in [1.29, 1.82) is 0 Å². The molecule has 1 aliphatic heterocycles. The first-order valence-corrected chi connectivity index (χ1v) is 11.4. The molecule has 4 aromatic carbocycles. The summed E-state index contributed by atoms with van der Waals surface area (Å²) in [5.41, 5.74) is 4.66. The lowest BCUT2D eigenvalue weighted by Crippen LogP contribution is -2.15. The molecule has 0 amide bonds. The number of rotatable bonds is 3. The van der Waals surface area contributed by atoms with Gasteiger partial charge in [0.1, 0.15) is 17.8 Å². The first-order valence-electron chi connectivity index (χ1n) is 11.4. The number of methoxy groups -OCH3 is 1. The molecule has 0 fully saturated rings. The number of aromatic nitrogens is 4. The monoisotopic (exact) mass is 456 g/mol. The molecular formula is C29H20N4O2. The van der Waals surface area contributed by atoms with Crippen molar-refractivity contribution >= 4 is 16.4 Å². The largest absolute Gasteiger partial charge is 0.496 e. The fourth-order valence-corrected chi connectivity index (χ4v) is 4.98. The number of hydrogen-bond acceptors (Lipinski definition) is 5. The van der Waals surface area contributed by atoms with Gasteiger partial charge in [0.15, 0.2) is 11.5 Å². The lowest BCUT2D eigenvalue weighted by Gasteiger charge is -2.28. The summed E-state index contributed by atoms with van der Waals surface area (Å²) >= 11 is 0. The van der Waals surface area contributed by atoms with E-state index < -0.39 is 0 Å². The van der Waals surface area contributed by atoms with E-state index in [-0.39, 0.29) is 5.92 Å². The van der Waals surface area contributed by atoms with Gasteiger partial charge in [0.2, 0.25) is 5.88 Å². The Bertz CT molecular complexity index is 1730. The molecular weight excluding hydrogens is 436 g/mol. The minimum Gasteiger partial charge on any atom is -0.496 e. The fraction of sp³-hybridized carbons (Fsp3) is 0.0690. The van der Waals surface area contributed by atoms with Crippen LogP contribution in [0.15, 0.2) is 97.3 Å². The summed E-state index contributed by atoms with van der Waals surface area (Å²) in [6, 6.07) is 30.7. The average Bonchev–Trinajstić information content (AvgIpc) is 3.37. The van der Waals surface area contributed by atoms with Crippen molar-refractivity contribution in [3.8, 4) is 28.8 Å². The van der Waals surface area contributed by atoms with Crippen LogP contribution in [0.1, 0.15) is 22.6 Å². The van der Waals surface area contributed by atoms with Gasteiger partial charge in [-0.3, -0.25) is 0 Å². The van der Waals surface area contributed by atoms with Crippen LogP contribution in [0.2, 0.25) is 0 Å². The van der Waals surface area contributed by atoms with E-state index in [0.29, 0.717) is 17.4 Å². The molecule has 0 bridgehead atoms. The van der Waals surface area contributed by atoms with Crippen LogP contribution < -0.4 is 9.47 Å². The quantitative estimate of drug-likeness (QED) is 0.315. The number of benzene rings is 4. The van der Waals surface area contributed by atoms with E-state index in [1.165, 1.54) is 0 Å². The molecule has 168 valence electrons. The highest BCUT2D eigenvalue weighted by Crippen LogP contribution is 2.50. The Morgan fingerprint density at radius 1 is 0.857 bits per heavy atom. The van der Waals surface area contributed by atoms with Gasteiger partial charge < -0.3 is 9.47 Å². The zero-order valence-corrected chi connectivity index (χ0v) is 18.9. The highest BCUT2D eigenvalue weighted by molar-refractivity contribution is 5.91. The second-order valence-electron chi connectivity index (χ2n) is 8.52. The maximum atomic E-state index is 6.49. The number of ether oxygens (including phenoxy) is 2. The van der Waals surface area contributed by atoms with Crippen molar-refractivity contribution in [2.24, 2.45) is 0 Å². The zero-order valence-electron chi connectivity index (χ0n) is 18.9. The fourth-order valence-electron chi connectivity index (χ4n) is 4.98. The molecule has 3 heterocycles. The highest BCUT2D eigenvalue weighted by atomic mass is 16.5. The van der Waals surface area contributed by atoms with Crippen molar-refractivity contribution in [1.82, 2.24) is 19.6 Å². The van der Waals surface area contributed by atoms with E-state index in [1.54, 1.807) is 18.0 Å². The van der Waals surface area contributed by atoms with E-state index in [1.807, 2.05) is 42.5 Å². The molecule has 0 aliphatic carbocycles. The summed E-state index contributed by atoms with van der Waals surface area (Å²) in [7, 11) is 1.65. The van der Waals surface area contributed by atoms with Gasteiger partial charge in [-0.25, -0.2) is 14.5 Å². The third kappa shape index (κ3) is 3.00. The van der Waals surface area contributed by atoms with E-state index >= 15 is 0 Å². The molecule has 0 N–H and O–H groups in total. The third-order valence-electron chi connectivity index (χ3n) is 6.58. The minimum absolute atomic E-state index is 0.106. The highest BCUT2D eigenvalue weighted by Gasteiger charge is 2.34. The summed E-state index contributed by atoms with van der Waals surface area (Å²) in [4.78, 5) is 9.65. The van der Waals surface area contributed by atoms with Gasteiger partial charge in [0.25, 0.3) is 0 Å². The second kappa shape index (κ2) is 7.67. The maximum absolute atomic E-state index is 6.49. The molecule has 6 nitrogen and oxygen atoms in total. The first-order chi connectivity index (χ1) is 17.3. The Kier molecular flexibility index (Phi) is 4.32. The van der Waals surface area contributed by atoms with Crippen LogP contribution in [0.25, 0.3) is 27.8 Å². The predicted molar refractivity (Wildman–Crippen MR) is 134 cm³/mol. The summed E-state index contributed by atoms with van der Waals surface area (Å²) in [6.45, 7) is 0. The van der Waals surface area contributed by atoms with Gasteiger partial charge in [-0.15, -0.1) is 5.10 Å². The van der Waals surface area contributed by atoms with Gasteiger partial charge in [-0.1, -0.05) is 78.9 Å². The van der Waals surface area contributed by atoms with Gasteiger partial charge in [-0.2, -0.15) is 0 Å². The summed E-state index contributed by atoms with van der Waals surface area (Å²) in [6.07, 6.45) is 1.66. The maximum Gasteiger partial charge on any atom is 0.228 e. The first kappa shape index (κ1) is 19.7. The second-order valence-corrected chi connectivity index (χ2v) is 8.52. The standard InChI is InChI=1S/C29H20N4O2/c1-34-23-14-8-7-13-21(23)27-31-28-25-24(19-10-3-2-4-11-19)22-16-15-18-9-5-6-12-20(18)26(22)35-29(25)30-17-33(28)32-27/h2-17,24H,1H3. The molecule has 2 aromatic heterocycles. The van der Waals surface area contributed by atoms with Gasteiger partial charge in [-0.05, 0) is 23.1 Å². The normalized spacial score (nSPS) is 14.4. The molecule has 0 saturated carbocycles. The van der Waals surface area contributed by atoms with Gasteiger partial charge in [0.05, 0.1) is 18.2 Å². The SMILES string of the molecule is COc1ccccc1-c1nc2c3c(ncn2n1)Oc1c(ccc2ccccc12)C3c1ccccc1. The van der Waals surface area contributed by atoms with Crippen LogP contribution in [0.4, 0.5) is 0 Å². The Morgan fingerprint density at radius 2 is 1.66 bits per heavy atom. The zero-order chi connectivity index (χ0) is 23.4. The third-order valence-corrected chi connectivity index (χ3v) is 6.58. The van der Waals surface area contributed by atoms with Gasteiger partial charge >= 0.3 is 0 Å². The molecule has 1 aliphatic rings. The van der Waals surface area contributed by atoms with Crippen LogP contribution in [0, 0.1) is 0 Å². The molecule has 0 radical (unpaired) electrons. The molecule has 0 spiro atoms. The van der Waals surface area contributed by atoms with Crippen molar-refractivity contribution in [2.75, 3.05) is 7.11 Å². The van der Waals surface area contributed by atoms with Gasteiger partial charge in [0, 0.05) is 16.9 Å². The summed E-state index contributed by atoms with van der Waals surface area (Å²) in [5, 5.41) is 6.93. The van der Waals surface area contributed by atoms with Crippen molar-refractivity contribution in [3.05, 3.63) is 114 Å². The molecule has 1 unspecified atom stereocenters. The summed E-state index contributed by atoms with van der Waals surface area (Å²) in [5.74, 6) is 2.58. The average molecular weight is 457 g/mol. The smallest absolute Gasteiger partial charge is 0.228 e. The van der Waals surface area contributed by atoms with Crippen LogP contribution in [-0.4, -0.2) is 26.7 Å². The molecule has 7 rings (SSSR count). The van der Waals surface area contributed by atoms with Crippen LogP contribution in [0.5, 0.6) is 17.4 Å². The molecule has 1 atom stereocenters. The number of hydrogen-bond donors (Lipinski definition) is 0. The molecule has 0 saturated heterocycles. The number of fused-ring (bicyclic) bond motifs is 6. The van der Waals surface area contributed by atoms with Crippen molar-refractivity contribution < 1.29 is 9.47 Å². The topological polar surface area (TPSA) is 61.5 Å². The molecule has 6 aromatic rings. The van der Waals surface area contributed by atoms with Crippen LogP contribution >= 0.6 is 0 Å². The number of nitrogens with zero attached hydrogens (tertiary/aromatic N) is 4. The van der Waals surface area contributed by atoms with E-state index in [2.05, 4.69) is 53.5 Å². The van der Waals surface area contributed by atoms with E-state index in [0.717, 1.165) is 44.5 Å². The number of para-hydroxylation sites is 1. The van der Waals surface area contributed by atoms with Crippen molar-refractivity contribution in [2.45, 2.75) is 5.92 Å². The Hall–Kier alpha value is -4.71. The predicted octanol–water partition coefficient (Wildman–Crippen LogP) is 6.24. The van der Waals surface area contributed by atoms with Crippen LogP contribution in [-0.2, 0) is 0 Å². The minimum atomic E-state index is -0.106. The lowest BCUT2D eigenvalue weighted by molar-refractivity contribution is 0.416. The lowest BCUT2D eigenvalue weighted by atomic mass is 9.83. The Balaban J connectivity index is 1.51. The van der Waals surface area contributed by atoms with Crippen molar-refractivity contribution in [3.63, 3.8) is 0 Å². The molecule has 35 heavy (non-hydrogen) atoms. The van der Waals surface area contributed by atoms with E-state index in [9.17, 15) is 0 Å². The Morgan fingerprint density at radius 3 is 2.54 bits per heavy atom. The van der Waals surface area contributed by atoms with E-state index in [4.69, 9.17) is 19.6 Å².